The van der Waals surface area contributed by atoms with Gasteiger partial charge in [-0.2, -0.15) is 0 Å². The predicted molar refractivity (Wildman–Crippen MR) is 79.2 cm³/mol. The van der Waals surface area contributed by atoms with Gasteiger partial charge in [0.25, 0.3) is 0 Å². The molecule has 0 bridgehead atoms. The van der Waals surface area contributed by atoms with Crippen LogP contribution in [0.3, 0.4) is 0 Å². The number of hydrogen-bond acceptors (Lipinski definition) is 4. The van der Waals surface area contributed by atoms with Gasteiger partial charge in [-0.25, -0.2) is 10.9 Å². The Morgan fingerprint density at radius 1 is 0.950 bits per heavy atom. The van der Waals surface area contributed by atoms with Crippen LogP contribution in [0.5, 0.6) is 5.75 Å². The summed E-state index contributed by atoms with van der Waals surface area (Å²) in [6, 6.07) is 18.6. The summed E-state index contributed by atoms with van der Waals surface area (Å²) in [6.07, 6.45) is -0.132. The molecule has 104 valence electrons. The Hall–Kier alpha value is -1.88. The predicted octanol–water partition coefficient (Wildman–Crippen LogP) is 1.91. The fraction of sp³-hybridized carbons (Fsp3) is 0.250. The molecule has 1 aliphatic heterocycles. The van der Waals surface area contributed by atoms with Crippen molar-refractivity contribution < 1.29 is 4.74 Å². The van der Waals surface area contributed by atoms with E-state index >= 15 is 0 Å². The lowest BCUT2D eigenvalue weighted by molar-refractivity contribution is 0.413. The smallest absolute Gasteiger partial charge is 0.119 e. The van der Waals surface area contributed by atoms with Gasteiger partial charge in [-0.3, -0.25) is 0 Å². The van der Waals surface area contributed by atoms with E-state index in [0.29, 0.717) is 0 Å². The van der Waals surface area contributed by atoms with Crippen LogP contribution in [0.4, 0.5) is 0 Å². The van der Waals surface area contributed by atoms with E-state index in [-0.39, 0.29) is 18.1 Å². The van der Waals surface area contributed by atoms with Gasteiger partial charge in [-0.05, 0) is 23.3 Å². The SMILES string of the molecule is COc1cccc(C2C(N)NNC2c2ccccc2)c1. The van der Waals surface area contributed by atoms with Gasteiger partial charge in [0.1, 0.15) is 5.75 Å². The highest BCUT2D eigenvalue weighted by atomic mass is 16.5. The molecule has 0 spiro atoms. The van der Waals surface area contributed by atoms with Gasteiger partial charge in [0.05, 0.1) is 19.3 Å². The monoisotopic (exact) mass is 269 g/mol. The molecule has 3 rings (SSSR count). The molecule has 0 aromatic heterocycles. The third kappa shape index (κ3) is 2.41. The molecule has 20 heavy (non-hydrogen) atoms. The summed E-state index contributed by atoms with van der Waals surface area (Å²) in [7, 11) is 1.68. The quantitative estimate of drug-likeness (QED) is 0.796. The second-order valence-electron chi connectivity index (χ2n) is 5.01. The molecule has 1 aliphatic rings. The van der Waals surface area contributed by atoms with Crippen LogP contribution in [-0.4, -0.2) is 13.3 Å². The van der Waals surface area contributed by atoms with E-state index in [1.165, 1.54) is 11.1 Å². The largest absolute Gasteiger partial charge is 0.497 e. The summed E-state index contributed by atoms with van der Waals surface area (Å²) in [5.74, 6) is 1.01. The molecule has 0 saturated carbocycles. The normalized spacial score (nSPS) is 25.6. The molecule has 1 heterocycles. The van der Waals surface area contributed by atoms with Crippen LogP contribution in [0.2, 0.25) is 0 Å². The van der Waals surface area contributed by atoms with Gasteiger partial charge in [0.15, 0.2) is 0 Å². The highest BCUT2D eigenvalue weighted by Gasteiger charge is 2.35. The van der Waals surface area contributed by atoms with Crippen LogP contribution in [0.25, 0.3) is 0 Å². The average molecular weight is 269 g/mol. The zero-order chi connectivity index (χ0) is 13.9. The van der Waals surface area contributed by atoms with Crippen LogP contribution < -0.4 is 21.3 Å². The molecule has 0 amide bonds. The molecule has 4 N–H and O–H groups in total. The maximum Gasteiger partial charge on any atom is 0.119 e. The highest BCUT2D eigenvalue weighted by Crippen LogP contribution is 2.36. The molecule has 3 atom stereocenters. The second kappa shape index (κ2) is 5.63. The molecule has 4 heteroatoms. The number of nitrogens with one attached hydrogen (secondary N) is 2. The van der Waals surface area contributed by atoms with Gasteiger partial charge in [0, 0.05) is 5.92 Å². The van der Waals surface area contributed by atoms with E-state index in [1.54, 1.807) is 7.11 Å². The minimum absolute atomic E-state index is 0.132. The lowest BCUT2D eigenvalue weighted by Gasteiger charge is -2.22. The minimum atomic E-state index is -0.132. The number of ether oxygens (including phenoxy) is 1. The molecular formula is C16H19N3O. The summed E-state index contributed by atoms with van der Waals surface area (Å²) in [5.41, 5.74) is 15.0. The van der Waals surface area contributed by atoms with Crippen LogP contribution in [0.1, 0.15) is 23.1 Å². The van der Waals surface area contributed by atoms with E-state index < -0.39 is 0 Å². The van der Waals surface area contributed by atoms with E-state index in [0.717, 1.165) is 5.75 Å². The first-order chi connectivity index (χ1) is 9.79. The lowest BCUT2D eigenvalue weighted by atomic mass is 9.87. The van der Waals surface area contributed by atoms with Crippen molar-refractivity contribution in [1.82, 2.24) is 10.9 Å². The first-order valence-electron chi connectivity index (χ1n) is 6.75. The third-order valence-corrected chi connectivity index (χ3v) is 3.79. The standard InChI is InChI=1S/C16H19N3O/c1-20-13-9-5-8-12(10-13)14-15(18-19-16(14)17)11-6-3-2-4-7-11/h2-10,14-16,18-19H,17H2,1H3. The van der Waals surface area contributed by atoms with Gasteiger partial charge < -0.3 is 10.5 Å². The Morgan fingerprint density at radius 2 is 1.70 bits per heavy atom. The highest BCUT2D eigenvalue weighted by molar-refractivity contribution is 5.35. The van der Waals surface area contributed by atoms with Gasteiger partial charge >= 0.3 is 0 Å². The average Bonchev–Trinajstić information content (AvgIpc) is 2.90. The molecule has 2 aromatic carbocycles. The zero-order valence-corrected chi connectivity index (χ0v) is 11.4. The topological polar surface area (TPSA) is 59.3 Å². The fourth-order valence-electron chi connectivity index (χ4n) is 2.77. The molecule has 2 aromatic rings. The minimum Gasteiger partial charge on any atom is -0.497 e. The van der Waals surface area contributed by atoms with Crippen molar-refractivity contribution in [2.24, 2.45) is 5.73 Å². The van der Waals surface area contributed by atoms with E-state index in [4.69, 9.17) is 10.5 Å². The van der Waals surface area contributed by atoms with E-state index in [2.05, 4.69) is 35.1 Å². The first kappa shape index (κ1) is 13.1. The Morgan fingerprint density at radius 3 is 2.45 bits per heavy atom. The van der Waals surface area contributed by atoms with Crippen LogP contribution in [-0.2, 0) is 0 Å². The number of benzene rings is 2. The van der Waals surface area contributed by atoms with Crippen molar-refractivity contribution in [1.29, 1.82) is 0 Å². The summed E-state index contributed by atoms with van der Waals surface area (Å²) in [4.78, 5) is 0. The Balaban J connectivity index is 1.96. The summed E-state index contributed by atoms with van der Waals surface area (Å²) in [6.45, 7) is 0. The molecule has 0 radical (unpaired) electrons. The molecule has 1 fully saturated rings. The van der Waals surface area contributed by atoms with E-state index in [1.807, 2.05) is 30.3 Å². The van der Waals surface area contributed by atoms with Crippen LogP contribution in [0.15, 0.2) is 54.6 Å². The molecule has 0 aliphatic carbocycles. The molecule has 4 nitrogen and oxygen atoms in total. The van der Waals surface area contributed by atoms with Crippen LogP contribution >= 0.6 is 0 Å². The Kier molecular flexibility index (Phi) is 3.69. The van der Waals surface area contributed by atoms with Crippen molar-refractivity contribution in [3.8, 4) is 5.75 Å². The molecular weight excluding hydrogens is 250 g/mol. The molecule has 3 unspecified atom stereocenters. The maximum atomic E-state index is 6.22. The molecule has 1 saturated heterocycles. The Labute approximate surface area is 118 Å². The summed E-state index contributed by atoms with van der Waals surface area (Å²) >= 11 is 0. The summed E-state index contributed by atoms with van der Waals surface area (Å²) < 4.78 is 5.31. The van der Waals surface area contributed by atoms with Crippen molar-refractivity contribution in [3.63, 3.8) is 0 Å². The number of rotatable bonds is 3. The van der Waals surface area contributed by atoms with Gasteiger partial charge in [-0.1, -0.05) is 42.5 Å². The number of methoxy groups -OCH3 is 1. The second-order valence-corrected chi connectivity index (χ2v) is 5.01. The lowest BCUT2D eigenvalue weighted by Crippen LogP contribution is -2.38. The number of hydrazine groups is 1. The first-order valence-corrected chi connectivity index (χ1v) is 6.75. The third-order valence-electron chi connectivity index (χ3n) is 3.79. The van der Waals surface area contributed by atoms with Crippen molar-refractivity contribution in [2.45, 2.75) is 18.1 Å². The Bertz CT molecular complexity index is 573. The van der Waals surface area contributed by atoms with Crippen LogP contribution in [0, 0.1) is 0 Å². The van der Waals surface area contributed by atoms with Gasteiger partial charge in [0.2, 0.25) is 0 Å². The van der Waals surface area contributed by atoms with Crippen molar-refractivity contribution in [2.75, 3.05) is 7.11 Å². The van der Waals surface area contributed by atoms with Gasteiger partial charge in [-0.15, -0.1) is 0 Å². The van der Waals surface area contributed by atoms with E-state index in [9.17, 15) is 0 Å². The number of nitrogens with two attached hydrogens (primary N) is 1. The van der Waals surface area contributed by atoms with Crippen molar-refractivity contribution in [3.05, 3.63) is 65.7 Å². The number of hydrogen-bond donors (Lipinski definition) is 3. The zero-order valence-electron chi connectivity index (χ0n) is 11.4. The fourth-order valence-corrected chi connectivity index (χ4v) is 2.77. The summed E-state index contributed by atoms with van der Waals surface area (Å²) in [5, 5.41) is 0. The maximum absolute atomic E-state index is 6.22. The van der Waals surface area contributed by atoms with Crippen molar-refractivity contribution >= 4 is 0 Å².